The first-order valence-corrected chi connectivity index (χ1v) is 9.91. The van der Waals surface area contributed by atoms with Crippen LogP contribution in [-0.4, -0.2) is 29.4 Å². The van der Waals surface area contributed by atoms with Crippen molar-refractivity contribution in [3.05, 3.63) is 102 Å². The van der Waals surface area contributed by atoms with E-state index in [1.807, 2.05) is 67.8 Å². The third-order valence-electron chi connectivity index (χ3n) is 5.15. The Kier molecular flexibility index (Phi) is 5.94. The first-order chi connectivity index (χ1) is 14.3. The number of nitrogens with one attached hydrogen (secondary N) is 1. The van der Waals surface area contributed by atoms with Gasteiger partial charge in [0.25, 0.3) is 0 Å². The first-order valence-electron chi connectivity index (χ1n) is 9.91. The van der Waals surface area contributed by atoms with Gasteiger partial charge in [-0.05, 0) is 47.8 Å². The van der Waals surface area contributed by atoms with Gasteiger partial charge in [-0.15, -0.1) is 0 Å². The molecule has 0 aliphatic carbocycles. The van der Waals surface area contributed by atoms with E-state index in [0.29, 0.717) is 13.2 Å². The third-order valence-corrected chi connectivity index (χ3v) is 5.15. The molecule has 2 unspecified atom stereocenters. The predicted octanol–water partition coefficient (Wildman–Crippen LogP) is 4.39. The zero-order valence-electron chi connectivity index (χ0n) is 16.5. The van der Waals surface area contributed by atoms with Crippen LogP contribution in [-0.2, 0) is 6.61 Å². The molecule has 2 N–H and O–H groups in total. The maximum Gasteiger partial charge on any atom is 0.120 e. The number of para-hydroxylation sites is 1. The molecular formula is C25H26N2O2. The van der Waals surface area contributed by atoms with Gasteiger partial charge in [-0.1, -0.05) is 60.7 Å². The zero-order valence-corrected chi connectivity index (χ0v) is 16.5. The van der Waals surface area contributed by atoms with Crippen LogP contribution in [0.1, 0.15) is 17.2 Å². The lowest BCUT2D eigenvalue weighted by Gasteiger charge is -2.26. The Labute approximate surface area is 171 Å². The SMILES string of the molecule is CNCC(O)C(c1cccc(OCc2ccccc2)c1)n1ccc2ccccc21. The van der Waals surface area contributed by atoms with Gasteiger partial charge in [-0.3, -0.25) is 0 Å². The molecular weight excluding hydrogens is 360 g/mol. The summed E-state index contributed by atoms with van der Waals surface area (Å²) in [6.07, 6.45) is 1.46. The van der Waals surface area contributed by atoms with Crippen LogP contribution in [0, 0.1) is 0 Å². The number of fused-ring (bicyclic) bond motifs is 1. The fourth-order valence-corrected chi connectivity index (χ4v) is 3.77. The van der Waals surface area contributed by atoms with Gasteiger partial charge in [-0.2, -0.15) is 0 Å². The van der Waals surface area contributed by atoms with Crippen LogP contribution in [0.2, 0.25) is 0 Å². The van der Waals surface area contributed by atoms with Crippen LogP contribution in [0.15, 0.2) is 91.1 Å². The van der Waals surface area contributed by atoms with E-state index in [-0.39, 0.29) is 6.04 Å². The summed E-state index contributed by atoms with van der Waals surface area (Å²) in [7, 11) is 1.85. The lowest BCUT2D eigenvalue weighted by Crippen LogP contribution is -2.33. The number of ether oxygens (including phenoxy) is 1. The minimum Gasteiger partial charge on any atom is -0.489 e. The van der Waals surface area contributed by atoms with E-state index in [2.05, 4.69) is 40.2 Å². The summed E-state index contributed by atoms with van der Waals surface area (Å²) in [5.41, 5.74) is 3.24. The average Bonchev–Trinajstić information content (AvgIpc) is 3.18. The molecule has 1 heterocycles. The smallest absolute Gasteiger partial charge is 0.120 e. The number of aliphatic hydroxyl groups is 1. The molecule has 0 radical (unpaired) electrons. The maximum absolute atomic E-state index is 11.0. The van der Waals surface area contributed by atoms with Crippen molar-refractivity contribution in [3.8, 4) is 5.75 Å². The quantitative estimate of drug-likeness (QED) is 0.472. The Bertz CT molecular complexity index is 1060. The molecule has 0 fully saturated rings. The summed E-state index contributed by atoms with van der Waals surface area (Å²) in [6, 6.07) is 28.3. The zero-order chi connectivity index (χ0) is 20.1. The lowest BCUT2D eigenvalue weighted by atomic mass is 10.00. The summed E-state index contributed by atoms with van der Waals surface area (Å²) in [4.78, 5) is 0. The maximum atomic E-state index is 11.0. The predicted molar refractivity (Wildman–Crippen MR) is 117 cm³/mol. The average molecular weight is 386 g/mol. The fourth-order valence-electron chi connectivity index (χ4n) is 3.77. The number of hydrogen-bond donors (Lipinski definition) is 2. The van der Waals surface area contributed by atoms with Gasteiger partial charge in [0, 0.05) is 18.3 Å². The Morgan fingerprint density at radius 2 is 1.72 bits per heavy atom. The molecule has 148 valence electrons. The molecule has 0 saturated carbocycles. The minimum absolute atomic E-state index is 0.220. The normalized spacial score (nSPS) is 13.3. The number of benzene rings is 3. The van der Waals surface area contributed by atoms with E-state index in [0.717, 1.165) is 27.8 Å². The molecule has 29 heavy (non-hydrogen) atoms. The van der Waals surface area contributed by atoms with Crippen molar-refractivity contribution in [2.45, 2.75) is 18.8 Å². The number of aromatic nitrogens is 1. The molecule has 0 spiro atoms. The van der Waals surface area contributed by atoms with Crippen molar-refractivity contribution in [2.24, 2.45) is 0 Å². The van der Waals surface area contributed by atoms with E-state index < -0.39 is 6.10 Å². The number of nitrogens with zero attached hydrogens (tertiary/aromatic N) is 1. The molecule has 0 saturated heterocycles. The van der Waals surface area contributed by atoms with Crippen molar-refractivity contribution in [1.82, 2.24) is 9.88 Å². The Morgan fingerprint density at radius 3 is 2.55 bits per heavy atom. The second-order valence-electron chi connectivity index (χ2n) is 7.20. The lowest BCUT2D eigenvalue weighted by molar-refractivity contribution is 0.132. The number of hydrogen-bond acceptors (Lipinski definition) is 3. The van der Waals surface area contributed by atoms with Crippen LogP contribution in [0.25, 0.3) is 10.9 Å². The standard InChI is InChI=1S/C25H26N2O2/c1-26-17-24(28)25(27-15-14-20-10-5-6-13-23(20)27)21-11-7-12-22(16-21)29-18-19-8-3-2-4-9-19/h2-16,24-26,28H,17-18H2,1H3. The third kappa shape index (κ3) is 4.34. The van der Waals surface area contributed by atoms with E-state index in [1.165, 1.54) is 0 Å². The summed E-state index contributed by atoms with van der Waals surface area (Å²) < 4.78 is 8.17. The molecule has 0 aliphatic rings. The van der Waals surface area contributed by atoms with Gasteiger partial charge in [0.05, 0.1) is 12.1 Å². The Balaban J connectivity index is 1.66. The second kappa shape index (κ2) is 8.95. The van der Waals surface area contributed by atoms with Gasteiger partial charge in [0.2, 0.25) is 0 Å². The van der Waals surface area contributed by atoms with E-state index in [4.69, 9.17) is 4.74 Å². The molecule has 0 bridgehead atoms. The minimum atomic E-state index is -0.583. The van der Waals surface area contributed by atoms with Gasteiger partial charge >= 0.3 is 0 Å². The van der Waals surface area contributed by atoms with E-state index in [9.17, 15) is 5.11 Å². The van der Waals surface area contributed by atoms with Gasteiger partial charge in [0.1, 0.15) is 12.4 Å². The van der Waals surface area contributed by atoms with Crippen molar-refractivity contribution in [3.63, 3.8) is 0 Å². The van der Waals surface area contributed by atoms with Crippen LogP contribution in [0.3, 0.4) is 0 Å². The van der Waals surface area contributed by atoms with E-state index in [1.54, 1.807) is 0 Å². The van der Waals surface area contributed by atoms with Crippen LogP contribution < -0.4 is 10.1 Å². The first kappa shape index (κ1) is 19.2. The topological polar surface area (TPSA) is 46.4 Å². The Morgan fingerprint density at radius 1 is 0.931 bits per heavy atom. The fraction of sp³-hybridized carbons (Fsp3) is 0.200. The van der Waals surface area contributed by atoms with Crippen molar-refractivity contribution >= 4 is 10.9 Å². The Hall–Kier alpha value is -3.08. The van der Waals surface area contributed by atoms with Crippen LogP contribution in [0.4, 0.5) is 0 Å². The van der Waals surface area contributed by atoms with Crippen molar-refractivity contribution in [1.29, 1.82) is 0 Å². The van der Waals surface area contributed by atoms with Crippen LogP contribution >= 0.6 is 0 Å². The molecule has 0 aliphatic heterocycles. The summed E-state index contributed by atoms with van der Waals surface area (Å²) in [5, 5.41) is 15.2. The van der Waals surface area contributed by atoms with Gasteiger partial charge in [0.15, 0.2) is 0 Å². The number of rotatable bonds is 8. The molecule has 4 rings (SSSR count). The second-order valence-corrected chi connectivity index (χ2v) is 7.20. The van der Waals surface area contributed by atoms with E-state index >= 15 is 0 Å². The van der Waals surface area contributed by atoms with Gasteiger partial charge in [-0.25, -0.2) is 0 Å². The summed E-state index contributed by atoms with van der Waals surface area (Å²) in [6.45, 7) is 1.01. The highest BCUT2D eigenvalue weighted by Crippen LogP contribution is 2.30. The largest absolute Gasteiger partial charge is 0.489 e. The summed E-state index contributed by atoms with van der Waals surface area (Å²) in [5.74, 6) is 0.796. The molecule has 1 aromatic heterocycles. The number of aliphatic hydroxyl groups excluding tert-OH is 1. The van der Waals surface area contributed by atoms with Crippen LogP contribution in [0.5, 0.6) is 5.75 Å². The highest BCUT2D eigenvalue weighted by atomic mass is 16.5. The molecule has 4 nitrogen and oxygen atoms in total. The molecule has 2 atom stereocenters. The molecule has 4 aromatic rings. The summed E-state index contributed by atoms with van der Waals surface area (Å²) >= 11 is 0. The monoisotopic (exact) mass is 386 g/mol. The molecule has 4 heteroatoms. The highest BCUT2D eigenvalue weighted by Gasteiger charge is 2.24. The number of likely N-dealkylation sites (N-methyl/N-ethyl adjacent to an activating group) is 1. The highest BCUT2D eigenvalue weighted by molar-refractivity contribution is 5.80. The van der Waals surface area contributed by atoms with Crippen molar-refractivity contribution < 1.29 is 9.84 Å². The molecule has 0 amide bonds. The van der Waals surface area contributed by atoms with Gasteiger partial charge < -0.3 is 19.7 Å². The van der Waals surface area contributed by atoms with Crippen molar-refractivity contribution in [2.75, 3.05) is 13.6 Å². The molecule has 3 aromatic carbocycles.